The van der Waals surface area contributed by atoms with E-state index >= 15 is 0 Å². The molecule has 2 bridgehead atoms. The highest BCUT2D eigenvalue weighted by molar-refractivity contribution is 5.93. The first-order chi connectivity index (χ1) is 14.6. The van der Waals surface area contributed by atoms with Crippen molar-refractivity contribution in [3.63, 3.8) is 0 Å². The zero-order chi connectivity index (χ0) is 22.6. The van der Waals surface area contributed by atoms with Crippen LogP contribution in [0.3, 0.4) is 0 Å². The molecule has 0 aromatic heterocycles. The highest BCUT2D eigenvalue weighted by atomic mass is 16.2. The molecule has 5 heteroatoms. The normalized spacial score (nSPS) is 24.7. The third-order valence-electron chi connectivity index (χ3n) is 6.67. The van der Waals surface area contributed by atoms with Gasteiger partial charge in [-0.2, -0.15) is 0 Å². The number of benzene rings is 1. The number of carbonyl (C=O) groups is 2. The molecule has 3 rings (SSSR count). The SMILES string of the molecule is CCC/C=C(\c1ccc(NC(=O)CCC(=O)NC)cc1)N1CC2(C)CC1CC(C)(C)C2. The number of nitrogens with zero attached hydrogens (tertiary/aromatic N) is 1. The van der Waals surface area contributed by atoms with Gasteiger partial charge in [0.2, 0.25) is 11.8 Å². The molecule has 1 aromatic rings. The molecular weight excluding hydrogens is 386 g/mol. The van der Waals surface area contributed by atoms with E-state index in [4.69, 9.17) is 0 Å². The second-order valence-electron chi connectivity index (χ2n) is 10.5. The van der Waals surface area contributed by atoms with Gasteiger partial charge in [0.15, 0.2) is 0 Å². The van der Waals surface area contributed by atoms with Crippen molar-refractivity contribution in [2.24, 2.45) is 10.8 Å². The number of amides is 2. The van der Waals surface area contributed by atoms with Gasteiger partial charge in [-0.3, -0.25) is 9.59 Å². The predicted octanol–water partition coefficient (Wildman–Crippen LogP) is 5.19. The lowest BCUT2D eigenvalue weighted by atomic mass is 9.65. The smallest absolute Gasteiger partial charge is 0.224 e. The monoisotopic (exact) mass is 425 g/mol. The highest BCUT2D eigenvalue weighted by Crippen LogP contribution is 2.54. The summed E-state index contributed by atoms with van der Waals surface area (Å²) in [5, 5.41) is 5.44. The fourth-order valence-electron chi connectivity index (χ4n) is 5.72. The van der Waals surface area contributed by atoms with Crippen molar-refractivity contribution in [3.8, 4) is 0 Å². The minimum atomic E-state index is -0.137. The molecule has 5 nitrogen and oxygen atoms in total. The van der Waals surface area contributed by atoms with Crippen LogP contribution < -0.4 is 10.6 Å². The number of nitrogens with one attached hydrogen (secondary N) is 2. The lowest BCUT2D eigenvalue weighted by Crippen LogP contribution is -2.34. The number of rotatable bonds is 8. The number of likely N-dealkylation sites (tertiary alicyclic amines) is 1. The van der Waals surface area contributed by atoms with E-state index in [-0.39, 0.29) is 24.7 Å². The van der Waals surface area contributed by atoms with E-state index in [0.717, 1.165) is 25.1 Å². The van der Waals surface area contributed by atoms with Crippen LogP contribution in [-0.4, -0.2) is 36.3 Å². The molecule has 2 unspecified atom stereocenters. The lowest BCUT2D eigenvalue weighted by Gasteiger charge is -2.39. The molecule has 1 saturated carbocycles. The highest BCUT2D eigenvalue weighted by Gasteiger charge is 2.50. The van der Waals surface area contributed by atoms with E-state index in [1.807, 2.05) is 12.1 Å². The molecular formula is C26H39N3O2. The zero-order valence-electron chi connectivity index (χ0n) is 19.9. The molecule has 2 N–H and O–H groups in total. The van der Waals surface area contributed by atoms with Crippen LogP contribution in [0.2, 0.25) is 0 Å². The summed E-state index contributed by atoms with van der Waals surface area (Å²) in [6.07, 6.45) is 8.79. The summed E-state index contributed by atoms with van der Waals surface area (Å²) in [6.45, 7) is 10.6. The molecule has 0 spiro atoms. The van der Waals surface area contributed by atoms with Gasteiger partial charge >= 0.3 is 0 Å². The van der Waals surface area contributed by atoms with Crippen LogP contribution in [0.25, 0.3) is 5.70 Å². The number of hydrogen-bond acceptors (Lipinski definition) is 3. The molecule has 170 valence electrons. The maximum Gasteiger partial charge on any atom is 0.224 e. The number of allylic oxidation sites excluding steroid dienone is 1. The van der Waals surface area contributed by atoms with Crippen LogP contribution in [0.15, 0.2) is 30.3 Å². The molecule has 2 atom stereocenters. The van der Waals surface area contributed by atoms with Crippen molar-refractivity contribution in [1.29, 1.82) is 0 Å². The van der Waals surface area contributed by atoms with Crippen LogP contribution in [0.4, 0.5) is 5.69 Å². The van der Waals surface area contributed by atoms with Crippen LogP contribution in [0.5, 0.6) is 0 Å². The van der Waals surface area contributed by atoms with E-state index in [2.05, 4.69) is 61.4 Å². The fourth-order valence-corrected chi connectivity index (χ4v) is 5.72. The van der Waals surface area contributed by atoms with Gasteiger partial charge in [0.05, 0.1) is 0 Å². The standard InChI is InChI=1S/C26H39N3O2/c1-6-7-8-22(29-18-26(4)16-21(29)15-25(2,3)17-26)19-9-11-20(12-10-19)28-24(31)14-13-23(30)27-5/h8-12,21H,6-7,13-18H2,1-5H3,(H,27,30)(H,28,31)/b22-8+. The summed E-state index contributed by atoms with van der Waals surface area (Å²) in [7, 11) is 1.58. The quantitative estimate of drug-likeness (QED) is 0.602. The Labute approximate surface area is 187 Å². The summed E-state index contributed by atoms with van der Waals surface area (Å²) >= 11 is 0. The molecule has 2 amide bonds. The van der Waals surface area contributed by atoms with Gasteiger partial charge in [0.25, 0.3) is 0 Å². The first-order valence-electron chi connectivity index (χ1n) is 11.7. The van der Waals surface area contributed by atoms with Gasteiger partial charge in [0.1, 0.15) is 0 Å². The Morgan fingerprint density at radius 2 is 1.77 bits per heavy atom. The Morgan fingerprint density at radius 3 is 2.42 bits per heavy atom. The number of fused-ring (bicyclic) bond motifs is 2. The van der Waals surface area contributed by atoms with Crippen molar-refractivity contribution in [2.45, 2.75) is 78.7 Å². The molecule has 1 aliphatic heterocycles. The van der Waals surface area contributed by atoms with Crippen molar-refractivity contribution in [2.75, 3.05) is 18.9 Å². The zero-order valence-corrected chi connectivity index (χ0v) is 19.9. The summed E-state index contributed by atoms with van der Waals surface area (Å²) in [6, 6.07) is 8.78. The Balaban J connectivity index is 1.74. The van der Waals surface area contributed by atoms with Crippen LogP contribution >= 0.6 is 0 Å². The third kappa shape index (κ3) is 5.90. The third-order valence-corrected chi connectivity index (χ3v) is 6.67. The maximum atomic E-state index is 12.1. The van der Waals surface area contributed by atoms with Crippen molar-refractivity contribution < 1.29 is 9.59 Å². The van der Waals surface area contributed by atoms with Gasteiger partial charge in [-0.1, -0.05) is 52.3 Å². The Bertz CT molecular complexity index is 828. The average molecular weight is 426 g/mol. The Hall–Kier alpha value is -2.30. The van der Waals surface area contributed by atoms with Gasteiger partial charge < -0.3 is 15.5 Å². The average Bonchev–Trinajstić information content (AvgIpc) is 2.96. The summed E-state index contributed by atoms with van der Waals surface area (Å²) in [5.41, 5.74) is 4.10. The Morgan fingerprint density at radius 1 is 1.10 bits per heavy atom. The summed E-state index contributed by atoms with van der Waals surface area (Å²) in [5.74, 6) is -0.259. The van der Waals surface area contributed by atoms with E-state index in [1.54, 1.807) is 7.05 Å². The summed E-state index contributed by atoms with van der Waals surface area (Å²) in [4.78, 5) is 26.1. The second kappa shape index (κ2) is 9.46. The fraction of sp³-hybridized carbons (Fsp3) is 0.615. The largest absolute Gasteiger partial charge is 0.368 e. The number of hydrogen-bond donors (Lipinski definition) is 2. The van der Waals surface area contributed by atoms with Crippen LogP contribution in [0, 0.1) is 10.8 Å². The topological polar surface area (TPSA) is 61.4 Å². The van der Waals surface area contributed by atoms with E-state index < -0.39 is 0 Å². The maximum absolute atomic E-state index is 12.1. The van der Waals surface area contributed by atoms with Gasteiger partial charge in [-0.15, -0.1) is 0 Å². The van der Waals surface area contributed by atoms with Crippen molar-refractivity contribution in [3.05, 3.63) is 35.9 Å². The minimum absolute atomic E-state index is 0.121. The van der Waals surface area contributed by atoms with Gasteiger partial charge in [0, 0.05) is 43.9 Å². The molecule has 1 heterocycles. The molecule has 1 aromatic carbocycles. The molecule has 2 fully saturated rings. The van der Waals surface area contributed by atoms with E-state index in [9.17, 15) is 9.59 Å². The van der Waals surface area contributed by atoms with Crippen molar-refractivity contribution in [1.82, 2.24) is 10.2 Å². The van der Waals surface area contributed by atoms with Gasteiger partial charge in [-0.25, -0.2) is 0 Å². The first kappa shape index (κ1) is 23.4. The molecule has 31 heavy (non-hydrogen) atoms. The lowest BCUT2D eigenvalue weighted by molar-refractivity contribution is -0.124. The minimum Gasteiger partial charge on any atom is -0.368 e. The summed E-state index contributed by atoms with van der Waals surface area (Å²) < 4.78 is 0. The Kier molecular flexibility index (Phi) is 7.13. The van der Waals surface area contributed by atoms with Gasteiger partial charge in [-0.05, 0) is 54.2 Å². The van der Waals surface area contributed by atoms with Crippen LogP contribution in [-0.2, 0) is 9.59 Å². The number of unbranched alkanes of at least 4 members (excludes halogenated alkanes) is 1. The van der Waals surface area contributed by atoms with Crippen LogP contribution in [0.1, 0.15) is 78.2 Å². The molecule has 1 aliphatic carbocycles. The second-order valence-corrected chi connectivity index (χ2v) is 10.5. The predicted molar refractivity (Wildman–Crippen MR) is 127 cm³/mol. The van der Waals surface area contributed by atoms with E-state index in [1.165, 1.54) is 30.5 Å². The first-order valence-corrected chi connectivity index (χ1v) is 11.7. The number of carbonyl (C=O) groups excluding carboxylic acids is 2. The molecule has 2 aliphatic rings. The van der Waals surface area contributed by atoms with E-state index in [0.29, 0.717) is 16.9 Å². The number of anilines is 1. The molecule has 0 radical (unpaired) electrons. The van der Waals surface area contributed by atoms with Crippen molar-refractivity contribution >= 4 is 23.2 Å². The molecule has 1 saturated heterocycles.